The Bertz CT molecular complexity index is 621. The van der Waals surface area contributed by atoms with Gasteiger partial charge in [0.05, 0.1) is 4.90 Å². The Balaban J connectivity index is 2.07. The van der Waals surface area contributed by atoms with E-state index in [1.165, 1.54) is 25.7 Å². The Hall–Kier alpha value is -0.980. The van der Waals surface area contributed by atoms with Crippen LogP contribution >= 0.6 is 12.2 Å². The summed E-state index contributed by atoms with van der Waals surface area (Å²) in [6, 6.07) is 5.03. The molecule has 0 unspecified atom stereocenters. The molecule has 0 amide bonds. The van der Waals surface area contributed by atoms with Crippen molar-refractivity contribution >= 4 is 27.2 Å². The molecule has 1 saturated carbocycles. The van der Waals surface area contributed by atoms with Crippen LogP contribution < -0.4 is 10.5 Å². The SMILES string of the molecule is Cc1ccc(C(N)=S)cc1S(=O)(=O)NCCC1CCCC1. The minimum atomic E-state index is -3.50. The highest BCUT2D eigenvalue weighted by Gasteiger charge is 2.19. The molecule has 116 valence electrons. The zero-order valence-corrected chi connectivity index (χ0v) is 13.9. The number of hydrogen-bond acceptors (Lipinski definition) is 3. The third-order valence-electron chi connectivity index (χ3n) is 4.08. The summed E-state index contributed by atoms with van der Waals surface area (Å²) in [5.41, 5.74) is 6.85. The number of thiocarbonyl (C=S) groups is 1. The maximum absolute atomic E-state index is 12.4. The summed E-state index contributed by atoms with van der Waals surface area (Å²) in [7, 11) is -3.50. The molecule has 1 fully saturated rings. The molecule has 0 heterocycles. The Morgan fingerprint density at radius 3 is 2.67 bits per heavy atom. The number of nitrogens with one attached hydrogen (secondary N) is 1. The number of nitrogens with two attached hydrogens (primary N) is 1. The average Bonchev–Trinajstić information content (AvgIpc) is 2.91. The molecule has 0 saturated heterocycles. The minimum Gasteiger partial charge on any atom is -0.389 e. The zero-order valence-electron chi connectivity index (χ0n) is 12.3. The fraction of sp³-hybridized carbons (Fsp3) is 0.533. The summed E-state index contributed by atoms with van der Waals surface area (Å²) in [5, 5.41) is 0. The summed E-state index contributed by atoms with van der Waals surface area (Å²) in [4.78, 5) is 0.469. The van der Waals surface area contributed by atoms with Gasteiger partial charge in [0.25, 0.3) is 0 Å². The van der Waals surface area contributed by atoms with Crippen LogP contribution in [-0.2, 0) is 10.0 Å². The first-order valence-corrected chi connectivity index (χ1v) is 9.19. The van der Waals surface area contributed by atoms with Gasteiger partial charge in [-0.2, -0.15) is 0 Å². The number of aryl methyl sites for hydroxylation is 1. The molecule has 4 nitrogen and oxygen atoms in total. The fourth-order valence-corrected chi connectivity index (χ4v) is 4.26. The summed E-state index contributed by atoms with van der Waals surface area (Å²) in [6.07, 6.45) is 5.89. The van der Waals surface area contributed by atoms with Crippen LogP contribution in [0.5, 0.6) is 0 Å². The summed E-state index contributed by atoms with van der Waals surface area (Å²) >= 11 is 4.91. The molecular formula is C15H22N2O2S2. The number of sulfonamides is 1. The molecule has 0 radical (unpaired) electrons. The molecule has 0 atom stereocenters. The van der Waals surface area contributed by atoms with Crippen LogP contribution in [0.15, 0.2) is 23.1 Å². The van der Waals surface area contributed by atoms with Crippen molar-refractivity contribution < 1.29 is 8.42 Å². The molecule has 0 aliphatic heterocycles. The lowest BCUT2D eigenvalue weighted by Gasteiger charge is -2.13. The minimum absolute atomic E-state index is 0.206. The molecule has 21 heavy (non-hydrogen) atoms. The third-order valence-corrected chi connectivity index (χ3v) is 5.92. The Kier molecular flexibility index (Phi) is 5.35. The van der Waals surface area contributed by atoms with Gasteiger partial charge in [-0.1, -0.05) is 50.0 Å². The van der Waals surface area contributed by atoms with Gasteiger partial charge in [-0.25, -0.2) is 13.1 Å². The molecule has 0 spiro atoms. The van der Waals surface area contributed by atoms with Crippen LogP contribution in [-0.4, -0.2) is 20.0 Å². The highest BCUT2D eigenvalue weighted by molar-refractivity contribution is 7.89. The fourth-order valence-electron chi connectivity index (χ4n) is 2.82. The van der Waals surface area contributed by atoms with E-state index in [1.807, 2.05) is 0 Å². The van der Waals surface area contributed by atoms with Gasteiger partial charge in [0.15, 0.2) is 0 Å². The van der Waals surface area contributed by atoms with Gasteiger partial charge in [0.2, 0.25) is 10.0 Å². The van der Waals surface area contributed by atoms with E-state index in [-0.39, 0.29) is 9.88 Å². The number of rotatable bonds is 6. The van der Waals surface area contributed by atoms with E-state index >= 15 is 0 Å². The van der Waals surface area contributed by atoms with Crippen molar-refractivity contribution in [3.8, 4) is 0 Å². The van der Waals surface area contributed by atoms with Gasteiger partial charge in [-0.3, -0.25) is 0 Å². The highest BCUT2D eigenvalue weighted by atomic mass is 32.2. The van der Waals surface area contributed by atoms with E-state index < -0.39 is 10.0 Å². The smallest absolute Gasteiger partial charge is 0.240 e. The first-order valence-electron chi connectivity index (χ1n) is 7.30. The lowest BCUT2D eigenvalue weighted by molar-refractivity contribution is 0.495. The molecule has 6 heteroatoms. The van der Waals surface area contributed by atoms with Crippen LogP contribution in [0, 0.1) is 12.8 Å². The normalized spacial score (nSPS) is 16.2. The predicted octanol–water partition coefficient (Wildman–Crippen LogP) is 2.49. The van der Waals surface area contributed by atoms with Gasteiger partial charge in [0, 0.05) is 12.1 Å². The molecule has 1 aliphatic carbocycles. The molecule has 1 aromatic rings. The van der Waals surface area contributed by atoms with Gasteiger partial charge in [0.1, 0.15) is 4.99 Å². The maximum Gasteiger partial charge on any atom is 0.240 e. The van der Waals surface area contributed by atoms with Crippen molar-refractivity contribution in [2.24, 2.45) is 11.7 Å². The Labute approximate surface area is 132 Å². The van der Waals surface area contributed by atoms with E-state index in [4.69, 9.17) is 18.0 Å². The van der Waals surface area contributed by atoms with Gasteiger partial charge in [-0.15, -0.1) is 0 Å². The lowest BCUT2D eigenvalue weighted by Crippen LogP contribution is -2.27. The van der Waals surface area contributed by atoms with Crippen LogP contribution in [0.1, 0.15) is 43.2 Å². The van der Waals surface area contributed by atoms with Crippen LogP contribution in [0.4, 0.5) is 0 Å². The van der Waals surface area contributed by atoms with Crippen molar-refractivity contribution in [3.63, 3.8) is 0 Å². The van der Waals surface area contributed by atoms with E-state index in [0.29, 0.717) is 23.6 Å². The first kappa shape index (κ1) is 16.4. The van der Waals surface area contributed by atoms with E-state index in [1.54, 1.807) is 25.1 Å². The second-order valence-electron chi connectivity index (χ2n) is 5.68. The van der Waals surface area contributed by atoms with Crippen LogP contribution in [0.25, 0.3) is 0 Å². The second-order valence-corrected chi connectivity index (χ2v) is 7.86. The Morgan fingerprint density at radius 1 is 1.38 bits per heavy atom. The number of benzene rings is 1. The first-order chi connectivity index (χ1) is 9.90. The average molecular weight is 326 g/mol. The topological polar surface area (TPSA) is 72.2 Å². The highest BCUT2D eigenvalue weighted by Crippen LogP contribution is 2.27. The van der Waals surface area contributed by atoms with E-state index in [9.17, 15) is 8.42 Å². The van der Waals surface area contributed by atoms with Crippen molar-refractivity contribution in [1.82, 2.24) is 4.72 Å². The molecule has 1 aromatic carbocycles. The van der Waals surface area contributed by atoms with Gasteiger partial charge in [-0.05, 0) is 30.9 Å². The summed E-state index contributed by atoms with van der Waals surface area (Å²) in [5.74, 6) is 0.664. The predicted molar refractivity (Wildman–Crippen MR) is 88.8 cm³/mol. The molecule has 2 rings (SSSR count). The molecule has 0 bridgehead atoms. The van der Waals surface area contributed by atoms with Crippen molar-refractivity contribution in [3.05, 3.63) is 29.3 Å². The van der Waals surface area contributed by atoms with Gasteiger partial charge < -0.3 is 5.73 Å². The third kappa shape index (κ3) is 4.25. The second kappa shape index (κ2) is 6.85. The standard InChI is InChI=1S/C15H22N2O2S2/c1-11-6-7-13(15(16)20)10-14(11)21(18,19)17-9-8-12-4-2-3-5-12/h6-7,10,12,17H,2-5,8-9H2,1H3,(H2,16,20). The largest absolute Gasteiger partial charge is 0.389 e. The van der Waals surface area contributed by atoms with Gasteiger partial charge >= 0.3 is 0 Å². The van der Waals surface area contributed by atoms with Crippen molar-refractivity contribution in [2.75, 3.05) is 6.54 Å². The van der Waals surface area contributed by atoms with Crippen molar-refractivity contribution in [1.29, 1.82) is 0 Å². The molecule has 3 N–H and O–H groups in total. The monoisotopic (exact) mass is 326 g/mol. The van der Waals surface area contributed by atoms with Crippen molar-refractivity contribution in [2.45, 2.75) is 43.9 Å². The van der Waals surface area contributed by atoms with E-state index in [0.717, 1.165) is 6.42 Å². The Morgan fingerprint density at radius 2 is 2.05 bits per heavy atom. The summed E-state index contributed by atoms with van der Waals surface area (Å²) in [6.45, 7) is 2.26. The quantitative estimate of drug-likeness (QED) is 0.788. The lowest BCUT2D eigenvalue weighted by atomic mass is 10.1. The number of hydrogen-bond donors (Lipinski definition) is 2. The summed E-state index contributed by atoms with van der Waals surface area (Å²) < 4.78 is 27.5. The van der Waals surface area contributed by atoms with Crippen LogP contribution in [0.3, 0.4) is 0 Å². The van der Waals surface area contributed by atoms with Crippen LogP contribution in [0.2, 0.25) is 0 Å². The molecule has 0 aromatic heterocycles. The molecule has 1 aliphatic rings. The maximum atomic E-state index is 12.4. The van der Waals surface area contributed by atoms with E-state index in [2.05, 4.69) is 4.72 Å². The molecular weight excluding hydrogens is 304 g/mol. The zero-order chi connectivity index (χ0) is 15.5.